The highest BCUT2D eigenvalue weighted by Crippen LogP contribution is 2.13. The summed E-state index contributed by atoms with van der Waals surface area (Å²) in [6.45, 7) is 7.33. The zero-order valence-electron chi connectivity index (χ0n) is 7.63. The quantitative estimate of drug-likeness (QED) is 0.636. The molecule has 0 fully saturated rings. The SMILES string of the molecule is C=C(C)OCCC(C)(O)CC#N. The van der Waals surface area contributed by atoms with Crippen LogP contribution in [0.2, 0.25) is 0 Å². The lowest BCUT2D eigenvalue weighted by Crippen LogP contribution is -2.25. The molecule has 0 aliphatic rings. The molecule has 0 aliphatic carbocycles. The number of nitriles is 1. The molecule has 68 valence electrons. The Morgan fingerprint density at radius 2 is 2.33 bits per heavy atom. The van der Waals surface area contributed by atoms with E-state index in [2.05, 4.69) is 6.58 Å². The normalized spacial score (nSPS) is 14.5. The molecule has 0 aromatic carbocycles. The van der Waals surface area contributed by atoms with Crippen molar-refractivity contribution < 1.29 is 9.84 Å². The van der Waals surface area contributed by atoms with Crippen molar-refractivity contribution in [2.24, 2.45) is 0 Å². The molecular formula is C9H15NO2. The number of hydrogen-bond acceptors (Lipinski definition) is 3. The van der Waals surface area contributed by atoms with E-state index in [9.17, 15) is 5.11 Å². The second-order valence-electron chi connectivity index (χ2n) is 3.13. The molecule has 0 rings (SSSR count). The van der Waals surface area contributed by atoms with Crippen LogP contribution < -0.4 is 0 Å². The fourth-order valence-electron chi connectivity index (χ4n) is 0.704. The van der Waals surface area contributed by atoms with E-state index in [1.807, 2.05) is 6.07 Å². The Morgan fingerprint density at radius 1 is 1.75 bits per heavy atom. The summed E-state index contributed by atoms with van der Waals surface area (Å²) in [5.41, 5.74) is -0.940. The van der Waals surface area contributed by atoms with Crippen molar-refractivity contribution in [3.63, 3.8) is 0 Å². The molecule has 3 nitrogen and oxygen atoms in total. The molecule has 0 aromatic rings. The van der Waals surface area contributed by atoms with Gasteiger partial charge in [-0.25, -0.2) is 0 Å². The molecule has 1 N–H and O–H groups in total. The Kier molecular flexibility index (Phi) is 4.38. The molecule has 0 saturated carbocycles. The van der Waals surface area contributed by atoms with Crippen LogP contribution in [-0.4, -0.2) is 17.3 Å². The van der Waals surface area contributed by atoms with Gasteiger partial charge >= 0.3 is 0 Å². The Balaban J connectivity index is 3.62. The monoisotopic (exact) mass is 169 g/mol. The summed E-state index contributed by atoms with van der Waals surface area (Å²) in [7, 11) is 0. The van der Waals surface area contributed by atoms with Gasteiger partial charge in [-0.1, -0.05) is 6.58 Å². The van der Waals surface area contributed by atoms with E-state index in [-0.39, 0.29) is 6.42 Å². The molecule has 0 aromatic heterocycles. The molecule has 0 spiro atoms. The van der Waals surface area contributed by atoms with Gasteiger partial charge in [-0.3, -0.25) is 0 Å². The molecule has 0 saturated heterocycles. The first-order chi connectivity index (χ1) is 5.48. The Labute approximate surface area is 73.3 Å². The van der Waals surface area contributed by atoms with Crippen LogP contribution in [0.5, 0.6) is 0 Å². The average Bonchev–Trinajstić information content (AvgIpc) is 1.85. The van der Waals surface area contributed by atoms with E-state index in [0.29, 0.717) is 18.8 Å². The van der Waals surface area contributed by atoms with E-state index in [1.54, 1.807) is 13.8 Å². The lowest BCUT2D eigenvalue weighted by Gasteiger charge is -2.19. The van der Waals surface area contributed by atoms with Gasteiger partial charge in [-0.2, -0.15) is 5.26 Å². The van der Waals surface area contributed by atoms with Gasteiger partial charge in [0.2, 0.25) is 0 Å². The van der Waals surface area contributed by atoms with Crippen LogP contribution >= 0.6 is 0 Å². The Morgan fingerprint density at radius 3 is 2.75 bits per heavy atom. The van der Waals surface area contributed by atoms with Gasteiger partial charge in [-0.15, -0.1) is 0 Å². The second-order valence-corrected chi connectivity index (χ2v) is 3.13. The van der Waals surface area contributed by atoms with Crippen molar-refractivity contribution in [3.8, 4) is 6.07 Å². The summed E-state index contributed by atoms with van der Waals surface area (Å²) in [6, 6.07) is 1.92. The van der Waals surface area contributed by atoms with Crippen molar-refractivity contribution in [1.29, 1.82) is 5.26 Å². The number of hydrogen-bond donors (Lipinski definition) is 1. The van der Waals surface area contributed by atoms with E-state index >= 15 is 0 Å². The zero-order chi connectivity index (χ0) is 9.61. The van der Waals surface area contributed by atoms with Gasteiger partial charge < -0.3 is 9.84 Å². The maximum atomic E-state index is 9.50. The summed E-state index contributed by atoms with van der Waals surface area (Å²) in [5, 5.41) is 17.8. The third kappa shape index (κ3) is 5.75. The molecule has 1 unspecified atom stereocenters. The van der Waals surface area contributed by atoms with Crippen molar-refractivity contribution in [3.05, 3.63) is 12.3 Å². The summed E-state index contributed by atoms with van der Waals surface area (Å²) < 4.78 is 5.06. The summed E-state index contributed by atoms with van der Waals surface area (Å²) in [6.07, 6.45) is 0.583. The van der Waals surface area contributed by atoms with Gasteiger partial charge in [0.15, 0.2) is 0 Å². The predicted octanol–water partition coefficient (Wildman–Crippen LogP) is 1.59. The van der Waals surface area contributed by atoms with E-state index in [0.717, 1.165) is 0 Å². The molecule has 3 heteroatoms. The number of allylic oxidation sites excluding steroid dienone is 1. The van der Waals surface area contributed by atoms with Gasteiger partial charge in [0.05, 0.1) is 30.5 Å². The van der Waals surface area contributed by atoms with Gasteiger partial charge in [0.25, 0.3) is 0 Å². The first kappa shape index (κ1) is 11.0. The third-order valence-corrected chi connectivity index (χ3v) is 1.45. The minimum atomic E-state index is -0.940. The number of rotatable bonds is 5. The average molecular weight is 169 g/mol. The number of ether oxygens (including phenoxy) is 1. The largest absolute Gasteiger partial charge is 0.499 e. The highest BCUT2D eigenvalue weighted by molar-refractivity contribution is 4.85. The molecule has 12 heavy (non-hydrogen) atoms. The number of aliphatic hydroxyl groups is 1. The Hall–Kier alpha value is -1.01. The summed E-state index contributed by atoms with van der Waals surface area (Å²) >= 11 is 0. The van der Waals surface area contributed by atoms with Crippen LogP contribution in [0.4, 0.5) is 0 Å². The zero-order valence-corrected chi connectivity index (χ0v) is 7.63. The van der Waals surface area contributed by atoms with Gasteiger partial charge in [0, 0.05) is 6.42 Å². The molecule has 0 aliphatic heterocycles. The fourth-order valence-corrected chi connectivity index (χ4v) is 0.704. The molecule has 1 atom stereocenters. The maximum Gasteiger partial charge on any atom is 0.0904 e. The molecule has 0 bridgehead atoms. The van der Waals surface area contributed by atoms with E-state index in [4.69, 9.17) is 10.00 Å². The van der Waals surface area contributed by atoms with E-state index in [1.165, 1.54) is 0 Å². The van der Waals surface area contributed by atoms with Crippen molar-refractivity contribution in [2.75, 3.05) is 6.61 Å². The lowest BCUT2D eigenvalue weighted by molar-refractivity contribution is 0.0315. The van der Waals surface area contributed by atoms with Crippen molar-refractivity contribution >= 4 is 0 Å². The smallest absolute Gasteiger partial charge is 0.0904 e. The second kappa shape index (κ2) is 4.78. The standard InChI is InChI=1S/C9H15NO2/c1-8(2)12-7-5-9(3,11)4-6-10/h11H,1,4-5,7H2,2-3H3. The van der Waals surface area contributed by atoms with Crippen molar-refractivity contribution in [2.45, 2.75) is 32.3 Å². The summed E-state index contributed by atoms with van der Waals surface area (Å²) in [5.74, 6) is 0.628. The predicted molar refractivity (Wildman–Crippen MR) is 46.2 cm³/mol. The van der Waals surface area contributed by atoms with Crippen LogP contribution in [0.1, 0.15) is 26.7 Å². The first-order valence-electron chi connectivity index (χ1n) is 3.85. The minimum absolute atomic E-state index is 0.131. The highest BCUT2D eigenvalue weighted by atomic mass is 16.5. The van der Waals surface area contributed by atoms with Gasteiger partial charge in [-0.05, 0) is 13.8 Å². The topological polar surface area (TPSA) is 53.2 Å². The van der Waals surface area contributed by atoms with Crippen LogP contribution in [0, 0.1) is 11.3 Å². The fraction of sp³-hybridized carbons (Fsp3) is 0.667. The summed E-state index contributed by atoms with van der Waals surface area (Å²) in [4.78, 5) is 0. The van der Waals surface area contributed by atoms with Crippen LogP contribution in [0.25, 0.3) is 0 Å². The van der Waals surface area contributed by atoms with Crippen LogP contribution in [0.3, 0.4) is 0 Å². The van der Waals surface area contributed by atoms with E-state index < -0.39 is 5.60 Å². The maximum absolute atomic E-state index is 9.50. The molecule has 0 amide bonds. The van der Waals surface area contributed by atoms with Crippen LogP contribution in [-0.2, 0) is 4.74 Å². The lowest BCUT2D eigenvalue weighted by atomic mass is 10.00. The minimum Gasteiger partial charge on any atom is -0.499 e. The number of nitrogens with zero attached hydrogens (tertiary/aromatic N) is 1. The highest BCUT2D eigenvalue weighted by Gasteiger charge is 2.19. The molecule has 0 heterocycles. The van der Waals surface area contributed by atoms with Gasteiger partial charge in [0.1, 0.15) is 0 Å². The molecule has 0 radical (unpaired) electrons. The Bertz CT molecular complexity index is 191. The molecular weight excluding hydrogens is 154 g/mol. The van der Waals surface area contributed by atoms with Crippen molar-refractivity contribution in [1.82, 2.24) is 0 Å². The third-order valence-electron chi connectivity index (χ3n) is 1.45. The first-order valence-corrected chi connectivity index (χ1v) is 3.85. The van der Waals surface area contributed by atoms with Crippen LogP contribution in [0.15, 0.2) is 12.3 Å².